The third-order valence-electron chi connectivity index (χ3n) is 2.57. The second-order valence-electron chi connectivity index (χ2n) is 4.84. The number of rotatable bonds is 8. The van der Waals surface area contributed by atoms with E-state index < -0.39 is 0 Å². The van der Waals surface area contributed by atoms with E-state index in [1.165, 1.54) is 0 Å². The van der Waals surface area contributed by atoms with Crippen LogP contribution in [0.2, 0.25) is 0 Å². The predicted molar refractivity (Wildman–Crippen MR) is 68.3 cm³/mol. The lowest BCUT2D eigenvalue weighted by atomic mass is 10.1. The lowest BCUT2D eigenvalue weighted by molar-refractivity contribution is -0.130. The molecule has 0 spiro atoms. The first-order valence-corrected chi connectivity index (χ1v) is 6.07. The van der Waals surface area contributed by atoms with E-state index in [4.69, 9.17) is 5.73 Å². The molecular formula is C12H27N3O. The minimum Gasteiger partial charge on any atom is -0.346 e. The Morgan fingerprint density at radius 2 is 1.81 bits per heavy atom. The summed E-state index contributed by atoms with van der Waals surface area (Å²) in [5.41, 5.74) is 5.64. The molecule has 4 heteroatoms. The van der Waals surface area contributed by atoms with E-state index in [0.717, 1.165) is 32.4 Å². The normalized spacial score (nSPS) is 12.9. The number of hydrogen-bond acceptors (Lipinski definition) is 3. The van der Waals surface area contributed by atoms with Crippen molar-refractivity contribution in [2.24, 2.45) is 5.73 Å². The molecule has 0 aliphatic rings. The van der Waals surface area contributed by atoms with Crippen molar-refractivity contribution in [3.63, 3.8) is 0 Å². The van der Waals surface area contributed by atoms with Crippen LogP contribution in [0, 0.1) is 0 Å². The second-order valence-corrected chi connectivity index (χ2v) is 4.84. The fourth-order valence-electron chi connectivity index (χ4n) is 1.51. The van der Waals surface area contributed by atoms with Crippen LogP contribution in [0.4, 0.5) is 0 Å². The third kappa shape index (κ3) is 8.68. The summed E-state index contributed by atoms with van der Waals surface area (Å²) in [6, 6.07) is 0.201. The number of nitrogens with zero attached hydrogens (tertiary/aromatic N) is 2. The Labute approximate surface area is 99.8 Å². The van der Waals surface area contributed by atoms with Crippen LogP contribution in [-0.2, 0) is 4.79 Å². The van der Waals surface area contributed by atoms with Gasteiger partial charge in [0.15, 0.2) is 0 Å². The molecule has 2 N–H and O–H groups in total. The average Bonchev–Trinajstić information content (AvgIpc) is 2.16. The number of hydrogen-bond donors (Lipinski definition) is 1. The van der Waals surface area contributed by atoms with Crippen molar-refractivity contribution < 1.29 is 4.79 Å². The first-order valence-electron chi connectivity index (χ1n) is 6.07. The van der Waals surface area contributed by atoms with E-state index in [1.54, 1.807) is 0 Å². The number of amides is 1. The van der Waals surface area contributed by atoms with Crippen molar-refractivity contribution in [1.82, 2.24) is 9.80 Å². The highest BCUT2D eigenvalue weighted by Crippen LogP contribution is 2.02. The first kappa shape index (κ1) is 15.4. The lowest BCUT2D eigenvalue weighted by Crippen LogP contribution is -2.29. The maximum Gasteiger partial charge on any atom is 0.222 e. The van der Waals surface area contributed by atoms with Crippen molar-refractivity contribution in [2.45, 2.75) is 38.6 Å². The number of nitrogens with two attached hydrogens (primary N) is 1. The van der Waals surface area contributed by atoms with Gasteiger partial charge in [-0.1, -0.05) is 0 Å². The van der Waals surface area contributed by atoms with Gasteiger partial charge in [-0.2, -0.15) is 0 Å². The Morgan fingerprint density at radius 1 is 1.19 bits per heavy atom. The standard InChI is InChI=1S/C12H27N3O/c1-11(13)7-5-8-12(16)15(4)10-6-9-14(2)3/h11H,5-10,13H2,1-4H3. The molecule has 0 aromatic rings. The summed E-state index contributed by atoms with van der Waals surface area (Å²) in [4.78, 5) is 15.6. The molecule has 0 bridgehead atoms. The molecule has 4 nitrogen and oxygen atoms in total. The van der Waals surface area contributed by atoms with Crippen molar-refractivity contribution in [2.75, 3.05) is 34.2 Å². The predicted octanol–water partition coefficient (Wildman–Crippen LogP) is 0.914. The molecule has 16 heavy (non-hydrogen) atoms. The van der Waals surface area contributed by atoms with Crippen LogP contribution in [0.3, 0.4) is 0 Å². The zero-order valence-corrected chi connectivity index (χ0v) is 11.2. The van der Waals surface area contributed by atoms with E-state index in [0.29, 0.717) is 6.42 Å². The average molecular weight is 229 g/mol. The molecule has 0 rings (SSSR count). The van der Waals surface area contributed by atoms with Crippen LogP contribution in [-0.4, -0.2) is 56.0 Å². The van der Waals surface area contributed by atoms with E-state index in [9.17, 15) is 4.79 Å². The number of carbonyl (C=O) groups is 1. The Bertz CT molecular complexity index is 193. The molecule has 1 atom stereocenters. The van der Waals surface area contributed by atoms with Gasteiger partial charge in [-0.25, -0.2) is 0 Å². The molecule has 0 aliphatic heterocycles. The van der Waals surface area contributed by atoms with Crippen molar-refractivity contribution in [1.29, 1.82) is 0 Å². The molecule has 0 radical (unpaired) electrons. The minimum absolute atomic E-state index is 0.201. The molecule has 96 valence electrons. The number of carbonyl (C=O) groups excluding carboxylic acids is 1. The van der Waals surface area contributed by atoms with E-state index >= 15 is 0 Å². The van der Waals surface area contributed by atoms with Crippen molar-refractivity contribution in [3.05, 3.63) is 0 Å². The van der Waals surface area contributed by atoms with Gasteiger partial charge < -0.3 is 15.5 Å². The van der Waals surface area contributed by atoms with Gasteiger partial charge in [-0.05, 0) is 46.8 Å². The van der Waals surface area contributed by atoms with Crippen LogP contribution in [0.25, 0.3) is 0 Å². The van der Waals surface area contributed by atoms with E-state index in [2.05, 4.69) is 4.90 Å². The second kappa shape index (κ2) is 8.53. The highest BCUT2D eigenvalue weighted by atomic mass is 16.2. The molecule has 0 saturated heterocycles. The monoisotopic (exact) mass is 229 g/mol. The minimum atomic E-state index is 0.201. The van der Waals surface area contributed by atoms with Gasteiger partial charge in [0.05, 0.1) is 0 Å². The Morgan fingerprint density at radius 3 is 2.31 bits per heavy atom. The summed E-state index contributed by atoms with van der Waals surface area (Å²) in [7, 11) is 5.97. The van der Waals surface area contributed by atoms with Crippen molar-refractivity contribution in [3.8, 4) is 0 Å². The van der Waals surface area contributed by atoms with Crippen LogP contribution in [0.5, 0.6) is 0 Å². The molecule has 0 aliphatic carbocycles. The summed E-state index contributed by atoms with van der Waals surface area (Å²) in [6.45, 7) is 3.85. The van der Waals surface area contributed by atoms with Gasteiger partial charge in [0.2, 0.25) is 5.91 Å². The van der Waals surface area contributed by atoms with Gasteiger partial charge in [0.1, 0.15) is 0 Å². The van der Waals surface area contributed by atoms with E-state index in [-0.39, 0.29) is 11.9 Å². The van der Waals surface area contributed by atoms with Gasteiger partial charge in [0, 0.05) is 26.1 Å². The summed E-state index contributed by atoms with van der Waals surface area (Å²) >= 11 is 0. The van der Waals surface area contributed by atoms with Crippen LogP contribution in [0.15, 0.2) is 0 Å². The summed E-state index contributed by atoms with van der Waals surface area (Å²) in [5, 5.41) is 0. The Balaban J connectivity index is 3.57. The quantitative estimate of drug-likeness (QED) is 0.673. The lowest BCUT2D eigenvalue weighted by Gasteiger charge is -2.18. The topological polar surface area (TPSA) is 49.6 Å². The third-order valence-corrected chi connectivity index (χ3v) is 2.57. The van der Waals surface area contributed by atoms with Gasteiger partial charge in [0.25, 0.3) is 0 Å². The zero-order valence-electron chi connectivity index (χ0n) is 11.2. The molecule has 0 saturated carbocycles. The summed E-state index contributed by atoms with van der Waals surface area (Å²) < 4.78 is 0. The fourth-order valence-corrected chi connectivity index (χ4v) is 1.51. The van der Waals surface area contributed by atoms with Crippen LogP contribution >= 0.6 is 0 Å². The molecule has 1 unspecified atom stereocenters. The molecule has 1 amide bonds. The van der Waals surface area contributed by atoms with Gasteiger partial charge in [-0.15, -0.1) is 0 Å². The SMILES string of the molecule is CC(N)CCCC(=O)N(C)CCCN(C)C. The maximum absolute atomic E-state index is 11.7. The molecule has 0 aromatic carbocycles. The fraction of sp³-hybridized carbons (Fsp3) is 0.917. The summed E-state index contributed by atoms with van der Waals surface area (Å²) in [5.74, 6) is 0.236. The summed E-state index contributed by atoms with van der Waals surface area (Å²) in [6.07, 6.45) is 3.48. The van der Waals surface area contributed by atoms with Crippen LogP contribution in [0.1, 0.15) is 32.6 Å². The van der Waals surface area contributed by atoms with Crippen LogP contribution < -0.4 is 5.73 Å². The largest absolute Gasteiger partial charge is 0.346 e. The Hall–Kier alpha value is -0.610. The van der Waals surface area contributed by atoms with Gasteiger partial charge >= 0.3 is 0 Å². The maximum atomic E-state index is 11.7. The highest BCUT2D eigenvalue weighted by Gasteiger charge is 2.08. The van der Waals surface area contributed by atoms with E-state index in [1.807, 2.05) is 33.0 Å². The first-order chi connectivity index (χ1) is 7.43. The molecular weight excluding hydrogens is 202 g/mol. The van der Waals surface area contributed by atoms with Crippen molar-refractivity contribution >= 4 is 5.91 Å². The Kier molecular flexibility index (Phi) is 8.21. The molecule has 0 fully saturated rings. The molecule has 0 heterocycles. The molecule has 0 aromatic heterocycles. The zero-order chi connectivity index (χ0) is 12.6. The smallest absolute Gasteiger partial charge is 0.222 e. The highest BCUT2D eigenvalue weighted by molar-refractivity contribution is 5.75. The van der Waals surface area contributed by atoms with Gasteiger partial charge in [-0.3, -0.25) is 4.79 Å².